The number of hydrogen-bond donors (Lipinski definition) is 4. The van der Waals surface area contributed by atoms with E-state index in [9.17, 15) is 18.0 Å². The lowest BCUT2D eigenvalue weighted by Gasteiger charge is -2.20. The van der Waals surface area contributed by atoms with E-state index in [0.29, 0.717) is 28.2 Å². The van der Waals surface area contributed by atoms with Gasteiger partial charge in [0.05, 0.1) is 28.9 Å². The summed E-state index contributed by atoms with van der Waals surface area (Å²) >= 11 is 0. The van der Waals surface area contributed by atoms with E-state index in [-0.39, 0.29) is 18.2 Å². The third kappa shape index (κ3) is 8.97. The highest BCUT2D eigenvalue weighted by molar-refractivity contribution is 6.04. The first kappa shape index (κ1) is 33.2. The SMILES string of the molecule is CC.CC1=C=C(/C(N)=C/N(N)c2cc(NC(=O)c3cc(CNC(C)C)cc(C(F)(F)CF)c3)ccc2C)C=NN1C. The fraction of sp³-hybridized carbons (Fsp3) is 0.367. The van der Waals surface area contributed by atoms with Crippen molar-refractivity contribution in [1.82, 2.24) is 10.3 Å². The maximum absolute atomic E-state index is 14.2. The number of hydrogen-bond acceptors (Lipinski definition) is 7. The molecule has 0 fully saturated rings. The highest BCUT2D eigenvalue weighted by atomic mass is 19.3. The summed E-state index contributed by atoms with van der Waals surface area (Å²) in [4.78, 5) is 13.1. The zero-order chi connectivity index (χ0) is 30.9. The van der Waals surface area contributed by atoms with Gasteiger partial charge in [-0.05, 0) is 55.3 Å². The fourth-order valence-corrected chi connectivity index (χ4v) is 3.68. The van der Waals surface area contributed by atoms with Crippen LogP contribution in [0.15, 0.2) is 70.4 Å². The third-order valence-corrected chi connectivity index (χ3v) is 6.05. The number of alkyl halides is 3. The van der Waals surface area contributed by atoms with Crippen LogP contribution in [0.4, 0.5) is 24.5 Å². The Bertz CT molecular complexity index is 1360. The number of hydrazone groups is 1. The molecule has 41 heavy (non-hydrogen) atoms. The Labute approximate surface area is 240 Å². The maximum Gasteiger partial charge on any atom is 0.301 e. The Morgan fingerprint density at radius 2 is 1.88 bits per heavy atom. The zero-order valence-electron chi connectivity index (χ0n) is 24.6. The molecule has 0 spiro atoms. The molecular formula is C30H40F3N7O. The molecule has 1 aliphatic heterocycles. The maximum atomic E-state index is 14.2. The van der Waals surface area contributed by atoms with Gasteiger partial charge in [-0.25, -0.2) is 10.2 Å². The number of nitrogens with zero attached hydrogens (tertiary/aromatic N) is 3. The molecule has 11 heteroatoms. The van der Waals surface area contributed by atoms with Gasteiger partial charge < -0.3 is 16.4 Å². The number of nitrogens with two attached hydrogens (primary N) is 2. The van der Waals surface area contributed by atoms with Gasteiger partial charge in [0, 0.05) is 42.6 Å². The van der Waals surface area contributed by atoms with E-state index in [1.807, 2.05) is 41.5 Å². The predicted molar refractivity (Wildman–Crippen MR) is 160 cm³/mol. The molecule has 3 rings (SSSR count). The number of benzene rings is 2. The van der Waals surface area contributed by atoms with Gasteiger partial charge in [-0.15, -0.1) is 0 Å². The van der Waals surface area contributed by atoms with Crippen LogP contribution >= 0.6 is 0 Å². The number of carbonyl (C=O) groups excluding carboxylic acids is 1. The van der Waals surface area contributed by atoms with Crippen LogP contribution in [0.3, 0.4) is 0 Å². The molecule has 1 heterocycles. The van der Waals surface area contributed by atoms with Crippen molar-refractivity contribution in [2.45, 2.75) is 60.1 Å². The third-order valence-electron chi connectivity index (χ3n) is 6.05. The van der Waals surface area contributed by atoms with Crippen LogP contribution in [-0.4, -0.2) is 36.9 Å². The summed E-state index contributed by atoms with van der Waals surface area (Å²) in [6, 6.07) is 8.86. The Kier molecular flexibility index (Phi) is 11.8. The smallest absolute Gasteiger partial charge is 0.301 e. The lowest BCUT2D eigenvalue weighted by molar-refractivity contribution is -0.0281. The van der Waals surface area contributed by atoms with E-state index in [1.165, 1.54) is 23.3 Å². The molecule has 2 aromatic carbocycles. The summed E-state index contributed by atoms with van der Waals surface area (Å²) in [6.07, 6.45) is 3.08. The number of nitrogens with one attached hydrogen (secondary N) is 2. The van der Waals surface area contributed by atoms with Crippen LogP contribution in [0.2, 0.25) is 0 Å². The van der Waals surface area contributed by atoms with Gasteiger partial charge in [-0.3, -0.25) is 14.8 Å². The number of amides is 1. The molecule has 0 unspecified atom stereocenters. The van der Waals surface area contributed by atoms with Gasteiger partial charge in [0.2, 0.25) is 0 Å². The first-order valence-corrected chi connectivity index (χ1v) is 13.3. The standard InChI is InChI=1S/C28H34F3N7O.C2H6/c1-17(2)34-13-20-9-21(11-23(10-20)28(30,31)16-29)27(39)36-24-7-6-18(3)26(12-24)38(33)15-25(32)22-8-19(4)37(5)35-14-22;1-2/h6-7,9-12,14-15,17,34H,13,16,32-33H2,1-5H3,(H,36,39);1-2H3/b25-15-;. The number of halogens is 3. The minimum absolute atomic E-state index is 0.0206. The minimum Gasteiger partial charge on any atom is -0.396 e. The second kappa shape index (κ2) is 14.5. The van der Waals surface area contributed by atoms with Crippen molar-refractivity contribution in [3.63, 3.8) is 0 Å². The number of carbonyl (C=O) groups is 1. The number of aryl methyl sites for hydroxylation is 1. The van der Waals surface area contributed by atoms with Gasteiger partial charge in [-0.2, -0.15) is 13.9 Å². The van der Waals surface area contributed by atoms with E-state index in [4.69, 9.17) is 11.6 Å². The summed E-state index contributed by atoms with van der Waals surface area (Å²) < 4.78 is 41.5. The van der Waals surface area contributed by atoms with Crippen LogP contribution in [0.1, 0.15) is 61.7 Å². The Morgan fingerprint density at radius 3 is 2.49 bits per heavy atom. The largest absolute Gasteiger partial charge is 0.396 e. The molecule has 0 aromatic heterocycles. The Morgan fingerprint density at radius 1 is 1.20 bits per heavy atom. The summed E-state index contributed by atoms with van der Waals surface area (Å²) in [5, 5.41) is 13.0. The van der Waals surface area contributed by atoms with E-state index in [2.05, 4.69) is 21.5 Å². The number of rotatable bonds is 10. The second-order valence-electron chi connectivity index (χ2n) is 9.63. The molecule has 0 aliphatic carbocycles. The molecule has 222 valence electrons. The Balaban J connectivity index is 0.00000287. The molecule has 1 aliphatic rings. The molecule has 2 aromatic rings. The number of allylic oxidation sites excluding steroid dienone is 1. The van der Waals surface area contributed by atoms with Crippen molar-refractivity contribution >= 4 is 23.5 Å². The summed E-state index contributed by atoms with van der Waals surface area (Å²) in [6.45, 7) is 9.86. The fourth-order valence-electron chi connectivity index (χ4n) is 3.68. The summed E-state index contributed by atoms with van der Waals surface area (Å²) in [5.41, 5.74) is 12.6. The molecule has 0 radical (unpaired) electrons. The average Bonchev–Trinajstić information content (AvgIpc) is 2.95. The van der Waals surface area contributed by atoms with E-state index >= 15 is 0 Å². The van der Waals surface area contributed by atoms with Crippen LogP contribution in [0.5, 0.6) is 0 Å². The highest BCUT2D eigenvalue weighted by Crippen LogP contribution is 2.31. The van der Waals surface area contributed by atoms with Gasteiger partial charge in [0.1, 0.15) is 0 Å². The average molecular weight is 572 g/mol. The molecule has 0 bridgehead atoms. The monoisotopic (exact) mass is 571 g/mol. The lowest BCUT2D eigenvalue weighted by atomic mass is 10.0. The molecule has 0 saturated carbocycles. The van der Waals surface area contributed by atoms with Gasteiger partial charge in [0.25, 0.3) is 5.91 Å². The lowest BCUT2D eigenvalue weighted by Crippen LogP contribution is -2.27. The molecule has 6 N–H and O–H groups in total. The van der Waals surface area contributed by atoms with Crippen LogP contribution in [0.25, 0.3) is 0 Å². The van der Waals surface area contributed by atoms with Crippen molar-refractivity contribution in [3.8, 4) is 0 Å². The van der Waals surface area contributed by atoms with Crippen molar-refractivity contribution < 1.29 is 18.0 Å². The second-order valence-corrected chi connectivity index (χ2v) is 9.63. The first-order chi connectivity index (χ1) is 19.3. The van der Waals surface area contributed by atoms with Gasteiger partial charge in [-0.1, -0.05) is 39.5 Å². The van der Waals surface area contributed by atoms with Crippen molar-refractivity contribution in [3.05, 3.63) is 87.6 Å². The van der Waals surface area contributed by atoms with Crippen LogP contribution in [-0.2, 0) is 12.5 Å². The van der Waals surface area contributed by atoms with E-state index in [1.54, 1.807) is 36.5 Å². The molecule has 0 saturated heterocycles. The quantitative estimate of drug-likeness (QED) is 0.166. The molecule has 8 nitrogen and oxygen atoms in total. The summed E-state index contributed by atoms with van der Waals surface area (Å²) in [5.74, 6) is 1.93. The molecule has 0 atom stereocenters. The normalized spacial score (nSPS) is 13.4. The molecular weight excluding hydrogens is 531 g/mol. The Hall–Kier alpha value is -4.05. The summed E-state index contributed by atoms with van der Waals surface area (Å²) in [7, 11) is 1.79. The first-order valence-electron chi connectivity index (χ1n) is 13.3. The van der Waals surface area contributed by atoms with Crippen molar-refractivity contribution in [2.24, 2.45) is 16.7 Å². The molecule has 1 amide bonds. The van der Waals surface area contributed by atoms with Gasteiger partial charge >= 0.3 is 5.92 Å². The van der Waals surface area contributed by atoms with Crippen molar-refractivity contribution in [2.75, 3.05) is 24.0 Å². The highest BCUT2D eigenvalue weighted by Gasteiger charge is 2.32. The minimum atomic E-state index is -3.71. The topological polar surface area (TPSA) is 112 Å². The van der Waals surface area contributed by atoms with Crippen LogP contribution in [0, 0.1) is 6.92 Å². The van der Waals surface area contributed by atoms with E-state index in [0.717, 1.165) is 17.3 Å². The van der Waals surface area contributed by atoms with Gasteiger partial charge in [0.15, 0.2) is 6.67 Å². The van der Waals surface area contributed by atoms with E-state index < -0.39 is 24.1 Å². The van der Waals surface area contributed by atoms with Crippen LogP contribution < -0.4 is 27.2 Å². The number of anilines is 2. The van der Waals surface area contributed by atoms with Crippen molar-refractivity contribution in [1.29, 1.82) is 0 Å². The zero-order valence-corrected chi connectivity index (χ0v) is 24.6. The number of hydrazine groups is 1. The predicted octanol–water partition coefficient (Wildman–Crippen LogP) is 5.67.